The van der Waals surface area contributed by atoms with Gasteiger partial charge in [-0.3, -0.25) is 14.4 Å². The Morgan fingerprint density at radius 1 is 1.12 bits per heavy atom. The highest BCUT2D eigenvalue weighted by molar-refractivity contribution is 5.97. The van der Waals surface area contributed by atoms with Crippen LogP contribution in [0.4, 0.5) is 0 Å². The van der Waals surface area contributed by atoms with E-state index >= 15 is 0 Å². The first kappa shape index (κ1) is 19.2. The van der Waals surface area contributed by atoms with Crippen molar-refractivity contribution in [3.63, 3.8) is 0 Å². The number of rotatable bonds is 8. The number of likely N-dealkylation sites (tertiary alicyclic amines) is 1. The van der Waals surface area contributed by atoms with Gasteiger partial charge >= 0.3 is 0 Å². The van der Waals surface area contributed by atoms with Crippen LogP contribution in [0.25, 0.3) is 0 Å². The number of ketones is 1. The number of amides is 2. The Morgan fingerprint density at radius 2 is 1.88 bits per heavy atom. The van der Waals surface area contributed by atoms with E-state index in [0.717, 1.165) is 25.8 Å². The number of hydrogen-bond acceptors (Lipinski definition) is 3. The number of hydrogen-bond donors (Lipinski definition) is 1. The lowest BCUT2D eigenvalue weighted by Gasteiger charge is -2.33. The van der Waals surface area contributed by atoms with Crippen LogP contribution in [0, 0.1) is 5.92 Å². The second-order valence-electron chi connectivity index (χ2n) is 6.69. The molecule has 0 aromatic heterocycles. The summed E-state index contributed by atoms with van der Waals surface area (Å²) < 4.78 is 0. The molecule has 0 aliphatic carbocycles. The zero-order valence-electron chi connectivity index (χ0n) is 15.0. The minimum Gasteiger partial charge on any atom is -0.356 e. The fourth-order valence-corrected chi connectivity index (χ4v) is 3.18. The quantitative estimate of drug-likeness (QED) is 0.738. The Morgan fingerprint density at radius 3 is 2.60 bits per heavy atom. The molecule has 1 aliphatic heterocycles. The molecule has 1 heterocycles. The van der Waals surface area contributed by atoms with Gasteiger partial charge in [-0.05, 0) is 25.2 Å². The Labute approximate surface area is 149 Å². The van der Waals surface area contributed by atoms with Gasteiger partial charge in [-0.1, -0.05) is 37.3 Å². The molecule has 1 saturated heterocycles. The summed E-state index contributed by atoms with van der Waals surface area (Å²) in [7, 11) is 0. The lowest BCUT2D eigenvalue weighted by molar-refractivity contribution is -0.132. The normalized spacial score (nSPS) is 17.2. The summed E-state index contributed by atoms with van der Waals surface area (Å²) in [5, 5.41) is 2.95. The van der Waals surface area contributed by atoms with Gasteiger partial charge in [0.1, 0.15) is 0 Å². The maximum Gasteiger partial charge on any atom is 0.223 e. The van der Waals surface area contributed by atoms with Gasteiger partial charge in [0.15, 0.2) is 5.78 Å². The molecule has 0 spiro atoms. The lowest BCUT2D eigenvalue weighted by Crippen LogP contribution is -2.43. The van der Waals surface area contributed by atoms with Crippen molar-refractivity contribution in [2.45, 2.75) is 45.4 Å². The first-order chi connectivity index (χ1) is 12.1. The summed E-state index contributed by atoms with van der Waals surface area (Å²) in [6.45, 7) is 4.03. The van der Waals surface area contributed by atoms with Crippen LogP contribution in [0.2, 0.25) is 0 Å². The predicted octanol–water partition coefficient (Wildman–Crippen LogP) is 2.80. The van der Waals surface area contributed by atoms with Crippen LogP contribution in [-0.4, -0.2) is 42.1 Å². The number of Topliss-reactive ketones (excluding diaryl/α,β-unsaturated/α-hetero) is 1. The zero-order valence-corrected chi connectivity index (χ0v) is 15.0. The molecule has 2 amide bonds. The third-order valence-corrected chi connectivity index (χ3v) is 4.60. The van der Waals surface area contributed by atoms with E-state index in [4.69, 9.17) is 0 Å². The zero-order chi connectivity index (χ0) is 18.1. The molecule has 25 heavy (non-hydrogen) atoms. The number of carbonyl (C=O) groups is 3. The average molecular weight is 344 g/mol. The molecule has 5 nitrogen and oxygen atoms in total. The Bertz CT molecular complexity index is 586. The smallest absolute Gasteiger partial charge is 0.223 e. The molecule has 5 heteroatoms. The van der Waals surface area contributed by atoms with Crippen molar-refractivity contribution in [3.8, 4) is 0 Å². The van der Waals surface area contributed by atoms with E-state index in [9.17, 15) is 14.4 Å². The number of piperidine rings is 1. The van der Waals surface area contributed by atoms with Crippen LogP contribution in [0.15, 0.2) is 30.3 Å². The molecule has 0 bridgehead atoms. The molecule has 136 valence electrons. The lowest BCUT2D eigenvalue weighted by atomic mass is 9.97. The highest BCUT2D eigenvalue weighted by atomic mass is 16.2. The van der Waals surface area contributed by atoms with E-state index in [-0.39, 0.29) is 30.4 Å². The molecule has 1 unspecified atom stereocenters. The van der Waals surface area contributed by atoms with Crippen LogP contribution in [0.3, 0.4) is 0 Å². The minimum atomic E-state index is 0.00865. The molecule has 1 fully saturated rings. The molecule has 0 saturated carbocycles. The van der Waals surface area contributed by atoms with Gasteiger partial charge in [0.05, 0.1) is 0 Å². The fourth-order valence-electron chi connectivity index (χ4n) is 3.18. The molecule has 0 radical (unpaired) electrons. The Balaban J connectivity index is 1.75. The highest BCUT2D eigenvalue weighted by Crippen LogP contribution is 2.17. The minimum absolute atomic E-state index is 0.00865. The van der Waals surface area contributed by atoms with E-state index < -0.39 is 0 Å². The van der Waals surface area contributed by atoms with Crippen LogP contribution in [-0.2, 0) is 9.59 Å². The van der Waals surface area contributed by atoms with E-state index in [1.807, 2.05) is 30.0 Å². The molecule has 1 aliphatic rings. The summed E-state index contributed by atoms with van der Waals surface area (Å²) in [6, 6.07) is 9.09. The molecule has 2 rings (SSSR count). The Kier molecular flexibility index (Phi) is 7.64. The molecule has 1 aromatic rings. The van der Waals surface area contributed by atoms with Gasteiger partial charge in [-0.2, -0.15) is 0 Å². The van der Waals surface area contributed by atoms with Crippen molar-refractivity contribution in [2.24, 2.45) is 5.92 Å². The van der Waals surface area contributed by atoms with Crippen LogP contribution < -0.4 is 5.32 Å². The Hall–Kier alpha value is -2.17. The van der Waals surface area contributed by atoms with Crippen molar-refractivity contribution in [1.82, 2.24) is 10.2 Å². The third kappa shape index (κ3) is 6.33. The van der Waals surface area contributed by atoms with Crippen LogP contribution in [0.1, 0.15) is 55.8 Å². The van der Waals surface area contributed by atoms with Gasteiger partial charge in [-0.15, -0.1) is 0 Å². The number of nitrogens with zero attached hydrogens (tertiary/aromatic N) is 1. The highest BCUT2D eigenvalue weighted by Gasteiger charge is 2.24. The van der Waals surface area contributed by atoms with Gasteiger partial charge in [-0.25, -0.2) is 0 Å². The summed E-state index contributed by atoms with van der Waals surface area (Å²) in [6.07, 6.45) is 3.87. The third-order valence-electron chi connectivity index (χ3n) is 4.60. The van der Waals surface area contributed by atoms with Crippen LogP contribution in [0.5, 0.6) is 0 Å². The van der Waals surface area contributed by atoms with Crippen molar-refractivity contribution < 1.29 is 14.4 Å². The molecule has 1 atom stereocenters. The summed E-state index contributed by atoms with van der Waals surface area (Å²) in [5.74, 6) is 0.436. The van der Waals surface area contributed by atoms with Crippen molar-refractivity contribution in [3.05, 3.63) is 35.9 Å². The number of benzene rings is 1. The molecule has 1 N–H and O–H groups in total. The molecular formula is C20H28N2O3. The standard InChI is InChI=1S/C20H28N2O3/c1-2-7-19(24)21-14-16-8-6-13-22(15-16)20(25)12-11-18(23)17-9-4-3-5-10-17/h3-5,9-10,16H,2,6-8,11-15H2,1H3,(H,21,24). The molecule has 1 aromatic carbocycles. The van der Waals surface area contributed by atoms with Gasteiger partial charge in [0.2, 0.25) is 11.8 Å². The van der Waals surface area contributed by atoms with Crippen LogP contribution >= 0.6 is 0 Å². The summed E-state index contributed by atoms with van der Waals surface area (Å²) in [5.41, 5.74) is 0.658. The van der Waals surface area contributed by atoms with E-state index in [0.29, 0.717) is 31.0 Å². The first-order valence-electron chi connectivity index (χ1n) is 9.23. The maximum absolute atomic E-state index is 12.4. The second kappa shape index (κ2) is 9.97. The second-order valence-corrected chi connectivity index (χ2v) is 6.69. The summed E-state index contributed by atoms with van der Waals surface area (Å²) in [4.78, 5) is 38.0. The maximum atomic E-state index is 12.4. The van der Waals surface area contributed by atoms with E-state index in [1.165, 1.54) is 0 Å². The van der Waals surface area contributed by atoms with Crippen molar-refractivity contribution >= 4 is 17.6 Å². The number of carbonyl (C=O) groups excluding carboxylic acids is 3. The summed E-state index contributed by atoms with van der Waals surface area (Å²) >= 11 is 0. The van der Waals surface area contributed by atoms with Crippen molar-refractivity contribution in [1.29, 1.82) is 0 Å². The topological polar surface area (TPSA) is 66.5 Å². The predicted molar refractivity (Wildman–Crippen MR) is 97.2 cm³/mol. The van der Waals surface area contributed by atoms with Crippen molar-refractivity contribution in [2.75, 3.05) is 19.6 Å². The molecular weight excluding hydrogens is 316 g/mol. The average Bonchev–Trinajstić information content (AvgIpc) is 2.65. The van der Waals surface area contributed by atoms with Gasteiger partial charge in [0.25, 0.3) is 0 Å². The number of nitrogens with one attached hydrogen (secondary N) is 1. The fraction of sp³-hybridized carbons (Fsp3) is 0.550. The van der Waals surface area contributed by atoms with E-state index in [1.54, 1.807) is 12.1 Å². The van der Waals surface area contributed by atoms with Gasteiger partial charge < -0.3 is 10.2 Å². The monoisotopic (exact) mass is 344 g/mol. The largest absolute Gasteiger partial charge is 0.356 e. The SMILES string of the molecule is CCCC(=O)NCC1CCCN(C(=O)CCC(=O)c2ccccc2)C1. The van der Waals surface area contributed by atoms with Gasteiger partial charge in [0, 0.05) is 44.5 Å². The van der Waals surface area contributed by atoms with E-state index in [2.05, 4.69) is 5.32 Å². The first-order valence-corrected chi connectivity index (χ1v) is 9.23.